The summed E-state index contributed by atoms with van der Waals surface area (Å²) in [4.78, 5) is 22.0. The molecule has 6 nitrogen and oxygen atoms in total. The molecule has 0 spiro atoms. The molecule has 0 aromatic heterocycles. The van der Waals surface area contributed by atoms with Gasteiger partial charge in [0.2, 0.25) is 5.91 Å². The van der Waals surface area contributed by atoms with E-state index in [2.05, 4.69) is 5.32 Å². The summed E-state index contributed by atoms with van der Waals surface area (Å²) in [5.41, 5.74) is 1.59. The molecule has 2 aromatic rings. The Bertz CT molecular complexity index is 666. The molecule has 2 aromatic carbocycles. The normalized spacial score (nSPS) is 10.1. The molecule has 0 saturated carbocycles. The zero-order chi connectivity index (χ0) is 16.7. The molecule has 0 saturated heterocycles. The molecule has 0 heterocycles. The monoisotopic (exact) mass is 314 g/mol. The van der Waals surface area contributed by atoms with Crippen LogP contribution in [-0.2, 0) is 11.2 Å². The molecule has 1 amide bonds. The van der Waals surface area contributed by atoms with E-state index in [1.807, 2.05) is 31.2 Å². The van der Waals surface area contributed by atoms with Gasteiger partial charge in [-0.3, -0.25) is 14.9 Å². The number of anilines is 1. The number of aryl methyl sites for hydroxylation is 1. The van der Waals surface area contributed by atoms with Crippen LogP contribution in [0.5, 0.6) is 5.75 Å². The number of rotatable bonds is 7. The summed E-state index contributed by atoms with van der Waals surface area (Å²) in [6.45, 7) is 2.55. The van der Waals surface area contributed by atoms with Gasteiger partial charge in [0.15, 0.2) is 0 Å². The van der Waals surface area contributed by atoms with Crippen molar-refractivity contribution in [2.24, 2.45) is 0 Å². The van der Waals surface area contributed by atoms with Gasteiger partial charge in [-0.05, 0) is 43.2 Å². The predicted octanol–water partition coefficient (Wildman–Crippen LogP) is 3.56. The minimum atomic E-state index is -0.475. The quantitative estimate of drug-likeness (QED) is 0.625. The lowest BCUT2D eigenvalue weighted by Gasteiger charge is -2.06. The first-order valence-electron chi connectivity index (χ1n) is 7.34. The first kappa shape index (κ1) is 16.5. The van der Waals surface area contributed by atoms with Gasteiger partial charge in [-0.25, -0.2) is 0 Å². The molecular formula is C17H18N2O4. The van der Waals surface area contributed by atoms with E-state index in [1.165, 1.54) is 24.3 Å². The summed E-state index contributed by atoms with van der Waals surface area (Å²) >= 11 is 0. The van der Waals surface area contributed by atoms with Crippen LogP contribution in [0.4, 0.5) is 11.4 Å². The summed E-state index contributed by atoms with van der Waals surface area (Å²) in [5.74, 6) is 0.680. The van der Waals surface area contributed by atoms with Crippen LogP contribution in [0.25, 0.3) is 0 Å². The first-order valence-corrected chi connectivity index (χ1v) is 7.34. The highest BCUT2D eigenvalue weighted by molar-refractivity contribution is 5.90. The van der Waals surface area contributed by atoms with Gasteiger partial charge in [0.25, 0.3) is 5.69 Å². The Balaban J connectivity index is 1.83. The second-order valence-corrected chi connectivity index (χ2v) is 4.93. The fourth-order valence-corrected chi connectivity index (χ4v) is 2.07. The van der Waals surface area contributed by atoms with Crippen LogP contribution in [0.15, 0.2) is 48.5 Å². The number of hydrogen-bond donors (Lipinski definition) is 1. The number of amides is 1. The molecule has 0 unspecified atom stereocenters. The van der Waals surface area contributed by atoms with E-state index in [-0.39, 0.29) is 11.6 Å². The summed E-state index contributed by atoms with van der Waals surface area (Å²) in [7, 11) is 0. The highest BCUT2D eigenvalue weighted by Gasteiger charge is 2.07. The molecular weight excluding hydrogens is 296 g/mol. The van der Waals surface area contributed by atoms with Crippen molar-refractivity contribution < 1.29 is 14.5 Å². The molecule has 0 radical (unpaired) electrons. The van der Waals surface area contributed by atoms with Gasteiger partial charge in [0.05, 0.1) is 11.5 Å². The highest BCUT2D eigenvalue weighted by Crippen LogP contribution is 2.16. The van der Waals surface area contributed by atoms with E-state index in [9.17, 15) is 14.9 Å². The fraction of sp³-hybridized carbons (Fsp3) is 0.235. The number of nitro groups is 1. The SMILES string of the molecule is CCOc1ccc(CCC(=O)Nc2ccc([N+](=O)[O-])cc2)cc1. The van der Waals surface area contributed by atoms with E-state index >= 15 is 0 Å². The number of nitrogens with zero attached hydrogens (tertiary/aromatic N) is 1. The Hall–Kier alpha value is -2.89. The Kier molecular flexibility index (Phi) is 5.68. The van der Waals surface area contributed by atoms with Crippen molar-refractivity contribution >= 4 is 17.3 Å². The summed E-state index contributed by atoms with van der Waals surface area (Å²) in [6, 6.07) is 13.4. The third-order valence-corrected chi connectivity index (χ3v) is 3.24. The van der Waals surface area contributed by atoms with Gasteiger partial charge in [-0.2, -0.15) is 0 Å². The molecule has 1 N–H and O–H groups in total. The third kappa shape index (κ3) is 5.10. The number of benzene rings is 2. The van der Waals surface area contributed by atoms with Gasteiger partial charge in [-0.15, -0.1) is 0 Å². The Morgan fingerprint density at radius 2 is 1.78 bits per heavy atom. The maximum atomic E-state index is 11.9. The van der Waals surface area contributed by atoms with Gasteiger partial charge < -0.3 is 10.1 Å². The van der Waals surface area contributed by atoms with Gasteiger partial charge >= 0.3 is 0 Å². The number of nitrogens with one attached hydrogen (secondary N) is 1. The van der Waals surface area contributed by atoms with Crippen molar-refractivity contribution in [3.63, 3.8) is 0 Å². The average Bonchev–Trinajstić information content (AvgIpc) is 2.55. The summed E-state index contributed by atoms with van der Waals surface area (Å²) in [6.07, 6.45) is 0.955. The number of hydrogen-bond acceptors (Lipinski definition) is 4. The number of carbonyl (C=O) groups is 1. The number of carbonyl (C=O) groups excluding carboxylic acids is 1. The minimum Gasteiger partial charge on any atom is -0.494 e. The van der Waals surface area contributed by atoms with Crippen LogP contribution in [0.2, 0.25) is 0 Å². The number of ether oxygens (including phenoxy) is 1. The second-order valence-electron chi connectivity index (χ2n) is 4.93. The van der Waals surface area contributed by atoms with Crippen LogP contribution in [-0.4, -0.2) is 17.4 Å². The van der Waals surface area contributed by atoms with Crippen molar-refractivity contribution in [3.8, 4) is 5.75 Å². The van der Waals surface area contributed by atoms with Crippen LogP contribution >= 0.6 is 0 Å². The van der Waals surface area contributed by atoms with Gasteiger partial charge in [0, 0.05) is 24.2 Å². The molecule has 0 bridgehead atoms. The zero-order valence-corrected chi connectivity index (χ0v) is 12.8. The average molecular weight is 314 g/mol. The molecule has 0 aliphatic carbocycles. The summed E-state index contributed by atoms with van der Waals surface area (Å²) in [5, 5.41) is 13.3. The smallest absolute Gasteiger partial charge is 0.269 e. The van der Waals surface area contributed by atoms with Crippen LogP contribution in [0.3, 0.4) is 0 Å². The van der Waals surface area contributed by atoms with Gasteiger partial charge in [0.1, 0.15) is 5.75 Å². The van der Waals surface area contributed by atoms with Crippen molar-refractivity contribution in [2.45, 2.75) is 19.8 Å². The zero-order valence-electron chi connectivity index (χ0n) is 12.8. The molecule has 6 heteroatoms. The summed E-state index contributed by atoms with van der Waals surface area (Å²) < 4.78 is 5.36. The van der Waals surface area contributed by atoms with Gasteiger partial charge in [-0.1, -0.05) is 12.1 Å². The Morgan fingerprint density at radius 1 is 1.13 bits per heavy atom. The van der Waals surface area contributed by atoms with Crippen molar-refractivity contribution in [1.29, 1.82) is 0 Å². The number of non-ortho nitro benzene ring substituents is 1. The van der Waals surface area contributed by atoms with E-state index in [4.69, 9.17) is 4.74 Å². The fourth-order valence-electron chi connectivity index (χ4n) is 2.07. The van der Waals surface area contributed by atoms with E-state index in [0.29, 0.717) is 25.1 Å². The molecule has 0 fully saturated rings. The standard InChI is InChI=1S/C17H18N2O4/c1-2-23-16-10-3-13(4-11-16)5-12-17(20)18-14-6-8-15(9-7-14)19(21)22/h3-4,6-11H,2,5,12H2,1H3,(H,18,20). The van der Waals surface area contributed by atoms with Crippen LogP contribution in [0.1, 0.15) is 18.9 Å². The van der Waals surface area contributed by atoms with Crippen LogP contribution < -0.4 is 10.1 Å². The molecule has 0 aliphatic heterocycles. The molecule has 0 atom stereocenters. The first-order chi connectivity index (χ1) is 11.1. The molecule has 120 valence electrons. The van der Waals surface area contributed by atoms with Crippen molar-refractivity contribution in [1.82, 2.24) is 0 Å². The molecule has 0 aliphatic rings. The minimum absolute atomic E-state index is 0.00242. The molecule has 2 rings (SSSR count). The predicted molar refractivity (Wildman–Crippen MR) is 87.7 cm³/mol. The Labute approximate surface area is 134 Å². The van der Waals surface area contributed by atoms with Crippen LogP contribution in [0, 0.1) is 10.1 Å². The maximum Gasteiger partial charge on any atom is 0.269 e. The van der Waals surface area contributed by atoms with E-state index < -0.39 is 4.92 Å². The third-order valence-electron chi connectivity index (χ3n) is 3.24. The number of nitro benzene ring substituents is 1. The lowest BCUT2D eigenvalue weighted by Crippen LogP contribution is -2.12. The van der Waals surface area contributed by atoms with E-state index in [1.54, 1.807) is 0 Å². The highest BCUT2D eigenvalue weighted by atomic mass is 16.6. The lowest BCUT2D eigenvalue weighted by molar-refractivity contribution is -0.384. The Morgan fingerprint density at radius 3 is 2.35 bits per heavy atom. The van der Waals surface area contributed by atoms with E-state index in [0.717, 1.165) is 11.3 Å². The topological polar surface area (TPSA) is 81.5 Å². The maximum absolute atomic E-state index is 11.9. The van der Waals surface area contributed by atoms with Crippen molar-refractivity contribution in [3.05, 3.63) is 64.2 Å². The second kappa shape index (κ2) is 7.93. The molecule has 23 heavy (non-hydrogen) atoms. The largest absolute Gasteiger partial charge is 0.494 e. The lowest BCUT2D eigenvalue weighted by atomic mass is 10.1. The van der Waals surface area contributed by atoms with Crippen molar-refractivity contribution in [2.75, 3.05) is 11.9 Å².